The van der Waals surface area contributed by atoms with Crippen molar-refractivity contribution in [3.8, 4) is 0 Å². The van der Waals surface area contributed by atoms with Crippen molar-refractivity contribution in [2.24, 2.45) is 0 Å². The Bertz CT molecular complexity index is 25.3. The predicted molar refractivity (Wildman–Crippen MR) is 37.2 cm³/mol. The van der Waals surface area contributed by atoms with Crippen LogP contribution in [0.4, 0.5) is 0 Å². The van der Waals surface area contributed by atoms with E-state index < -0.39 is 0 Å². The van der Waals surface area contributed by atoms with E-state index in [9.17, 15) is 0 Å². The summed E-state index contributed by atoms with van der Waals surface area (Å²) in [5.41, 5.74) is 0. The van der Waals surface area contributed by atoms with E-state index in [2.05, 4.69) is 25.4 Å². The average Bonchev–Trinajstić information content (AvgIpc) is 1.69. The van der Waals surface area contributed by atoms with Gasteiger partial charge in [0.25, 0.3) is 0 Å². The molecule has 0 aromatic carbocycles. The molecule has 0 aromatic rings. The number of hydrogen-bond acceptors (Lipinski definition) is 0. The molecule has 0 spiro atoms. The quantitative estimate of drug-likeness (QED) is 0.536. The van der Waals surface area contributed by atoms with Gasteiger partial charge in [-0.25, -0.2) is 0 Å². The number of unbranched alkanes of at least 4 members (excludes halogenated alkanes) is 2. The molecule has 2 heteroatoms. The molecular weight excluding hydrogens is 315 g/mol. The van der Waals surface area contributed by atoms with Crippen molar-refractivity contribution in [2.45, 2.75) is 30.7 Å². The van der Waals surface area contributed by atoms with Crippen LogP contribution < -0.4 is 0 Å². The van der Waals surface area contributed by atoms with Gasteiger partial charge in [-0.3, -0.25) is 0 Å². The molecule has 0 aromatic heterocycles. The van der Waals surface area contributed by atoms with Crippen LogP contribution in [-0.4, -0.2) is 35.5 Å². The van der Waals surface area contributed by atoms with E-state index >= 15 is 0 Å². The van der Waals surface area contributed by atoms with Gasteiger partial charge in [0, 0.05) is 0 Å². The number of rotatable bonds is 4. The normalized spacial score (nSPS) is 9.43. The second-order valence-corrected chi connectivity index (χ2v) is 8.39. The van der Waals surface area contributed by atoms with Crippen molar-refractivity contribution in [1.82, 2.24) is 0 Å². The predicted octanol–water partition coefficient (Wildman–Crippen LogP) is 1.11. The van der Waals surface area contributed by atoms with E-state index in [1.54, 1.807) is 4.47 Å². The monoisotopic (exact) mass is 332 g/mol. The summed E-state index contributed by atoms with van der Waals surface area (Å²) in [6.07, 6.45) is 4.36. The first kappa shape index (κ1) is 8.58. The molecule has 0 heterocycles. The van der Waals surface area contributed by atoms with Crippen LogP contribution in [-0.2, 0) is 0 Å². The second kappa shape index (κ2) is 7.58. The molecule has 0 saturated heterocycles. The van der Waals surface area contributed by atoms with Gasteiger partial charge in [0.05, 0.1) is 0 Å². The standard InChI is InChI=1S/C5H12Te2/c1-2-3-4-5-7-6/h6H,2-5H2,1H3. The van der Waals surface area contributed by atoms with Gasteiger partial charge >= 0.3 is 66.1 Å². The first-order valence-corrected chi connectivity index (χ1v) is 12.4. The van der Waals surface area contributed by atoms with Gasteiger partial charge in [0.15, 0.2) is 0 Å². The van der Waals surface area contributed by atoms with Crippen LogP contribution in [0.2, 0.25) is 4.47 Å². The fraction of sp³-hybridized carbons (Fsp3) is 1.00. The minimum atomic E-state index is 0.506. The van der Waals surface area contributed by atoms with E-state index in [0.717, 1.165) is 0 Å². The Morgan fingerprint density at radius 2 is 2.14 bits per heavy atom. The van der Waals surface area contributed by atoms with Crippen LogP contribution in [0, 0.1) is 0 Å². The van der Waals surface area contributed by atoms with Gasteiger partial charge in [-0.2, -0.15) is 0 Å². The van der Waals surface area contributed by atoms with Crippen LogP contribution in [0.3, 0.4) is 0 Å². The van der Waals surface area contributed by atoms with E-state index in [-0.39, 0.29) is 0 Å². The van der Waals surface area contributed by atoms with Crippen molar-refractivity contribution in [2.75, 3.05) is 0 Å². The van der Waals surface area contributed by atoms with Gasteiger partial charge in [-0.15, -0.1) is 0 Å². The molecule has 0 rings (SSSR count). The summed E-state index contributed by atoms with van der Waals surface area (Å²) in [5, 5.41) is 0. The van der Waals surface area contributed by atoms with Crippen molar-refractivity contribution >= 4 is 35.5 Å². The third kappa shape index (κ3) is 7.58. The van der Waals surface area contributed by atoms with Crippen LogP contribution in [0.5, 0.6) is 0 Å². The summed E-state index contributed by atoms with van der Waals surface area (Å²) in [6, 6.07) is 0. The van der Waals surface area contributed by atoms with Crippen molar-refractivity contribution < 1.29 is 0 Å². The molecular formula is C5H12Te2. The topological polar surface area (TPSA) is 0 Å². The summed E-state index contributed by atoms with van der Waals surface area (Å²) >= 11 is 2.58. The zero-order chi connectivity index (χ0) is 5.54. The van der Waals surface area contributed by atoms with Gasteiger partial charge in [-0.1, -0.05) is 0 Å². The Morgan fingerprint density at radius 1 is 1.43 bits per heavy atom. The van der Waals surface area contributed by atoms with E-state index in [0.29, 0.717) is 17.1 Å². The van der Waals surface area contributed by atoms with E-state index in [4.69, 9.17) is 0 Å². The summed E-state index contributed by atoms with van der Waals surface area (Å²) in [7, 11) is 0. The molecule has 0 aliphatic carbocycles. The third-order valence-electron chi connectivity index (χ3n) is 0.839. The van der Waals surface area contributed by atoms with Crippen LogP contribution >= 0.6 is 0 Å². The Morgan fingerprint density at radius 3 is 2.57 bits per heavy atom. The number of hydrogen-bond donors (Lipinski definition) is 0. The molecule has 0 aliphatic heterocycles. The summed E-state index contributed by atoms with van der Waals surface area (Å²) in [4.78, 5) is 0. The SMILES string of the molecule is CCCCC[Te][TeH]. The molecule has 0 atom stereocenters. The first-order chi connectivity index (χ1) is 3.41. The maximum absolute atomic E-state index is 2.26. The first-order valence-electron chi connectivity index (χ1n) is 2.68. The molecule has 44 valence electrons. The van der Waals surface area contributed by atoms with Crippen molar-refractivity contribution in [3.63, 3.8) is 0 Å². The van der Waals surface area contributed by atoms with Crippen molar-refractivity contribution in [3.05, 3.63) is 0 Å². The van der Waals surface area contributed by atoms with Gasteiger partial charge < -0.3 is 0 Å². The molecule has 0 radical (unpaired) electrons. The molecule has 0 fully saturated rings. The Balaban J connectivity index is 2.45. The maximum atomic E-state index is 2.26. The molecule has 0 amide bonds. The van der Waals surface area contributed by atoms with E-state index in [1.807, 2.05) is 0 Å². The molecule has 0 nitrogen and oxygen atoms in total. The Kier molecular flexibility index (Phi) is 9.29. The third-order valence-corrected chi connectivity index (χ3v) is 5.68. The Labute approximate surface area is 65.6 Å². The van der Waals surface area contributed by atoms with E-state index in [1.165, 1.54) is 19.3 Å². The molecule has 0 unspecified atom stereocenters. The fourth-order valence-corrected chi connectivity index (χ4v) is 3.84. The second-order valence-electron chi connectivity index (χ2n) is 1.54. The van der Waals surface area contributed by atoms with Crippen molar-refractivity contribution in [1.29, 1.82) is 0 Å². The summed E-state index contributed by atoms with van der Waals surface area (Å²) < 4.78 is 1.58. The van der Waals surface area contributed by atoms with Crippen LogP contribution in [0.15, 0.2) is 0 Å². The van der Waals surface area contributed by atoms with Crippen LogP contribution in [0.25, 0.3) is 0 Å². The Hall–Kier alpha value is 1.58. The molecule has 0 aliphatic rings. The zero-order valence-corrected chi connectivity index (χ0v) is 9.57. The zero-order valence-electron chi connectivity index (χ0n) is 4.68. The summed E-state index contributed by atoms with van der Waals surface area (Å²) in [6.45, 7) is 2.26. The summed E-state index contributed by atoms with van der Waals surface area (Å²) in [5.74, 6) is 0. The molecule has 0 saturated carbocycles. The fourth-order valence-electron chi connectivity index (χ4n) is 0.417. The minimum absolute atomic E-state index is 0.506. The molecule has 0 N–H and O–H groups in total. The van der Waals surface area contributed by atoms with Gasteiger partial charge in [0.1, 0.15) is 0 Å². The van der Waals surface area contributed by atoms with Crippen LogP contribution in [0.1, 0.15) is 26.2 Å². The molecule has 7 heavy (non-hydrogen) atoms. The molecule has 0 bridgehead atoms. The average molecular weight is 327 g/mol. The van der Waals surface area contributed by atoms with Gasteiger partial charge in [0.2, 0.25) is 0 Å². The van der Waals surface area contributed by atoms with Gasteiger partial charge in [-0.05, 0) is 0 Å².